The molecule has 0 saturated heterocycles. The quantitative estimate of drug-likeness (QED) is 0.566. The van der Waals surface area contributed by atoms with Gasteiger partial charge in [-0.3, -0.25) is 4.57 Å². The number of nitrogens with zero attached hydrogens (tertiary/aromatic N) is 5. The van der Waals surface area contributed by atoms with E-state index in [-0.39, 0.29) is 0 Å². The van der Waals surface area contributed by atoms with Gasteiger partial charge in [-0.15, -0.1) is 10.2 Å². The van der Waals surface area contributed by atoms with Crippen molar-refractivity contribution < 1.29 is 0 Å². The molecule has 4 rings (SSSR count). The van der Waals surface area contributed by atoms with Gasteiger partial charge in [-0.1, -0.05) is 24.3 Å². The first-order valence-electron chi connectivity index (χ1n) is 7.97. The third-order valence-electron chi connectivity index (χ3n) is 4.59. The second-order valence-corrected chi connectivity index (χ2v) is 6.16. The number of benzene rings is 2. The van der Waals surface area contributed by atoms with Crippen LogP contribution in [0, 0.1) is 20.8 Å². The Hall–Kier alpha value is -2.95. The maximum atomic E-state index is 4.63. The van der Waals surface area contributed by atoms with Crippen LogP contribution in [0.4, 0.5) is 0 Å². The number of aryl methyl sites for hydroxylation is 4. The van der Waals surface area contributed by atoms with Crippen molar-refractivity contribution in [3.05, 3.63) is 59.7 Å². The Morgan fingerprint density at radius 1 is 0.917 bits per heavy atom. The Morgan fingerprint density at radius 3 is 2.38 bits per heavy atom. The summed E-state index contributed by atoms with van der Waals surface area (Å²) in [4.78, 5) is 4.63. The molecule has 0 aliphatic heterocycles. The molecular weight excluding hydrogens is 298 g/mol. The summed E-state index contributed by atoms with van der Waals surface area (Å²) in [6.07, 6.45) is 1.78. The number of para-hydroxylation sites is 2. The lowest BCUT2D eigenvalue weighted by atomic mass is 10.1. The van der Waals surface area contributed by atoms with Gasteiger partial charge in [0.25, 0.3) is 0 Å². The number of fused-ring (bicyclic) bond motifs is 1. The molecule has 2 aromatic carbocycles. The summed E-state index contributed by atoms with van der Waals surface area (Å²) in [6, 6.07) is 12.4. The van der Waals surface area contributed by atoms with Crippen molar-refractivity contribution in [1.29, 1.82) is 0 Å². The van der Waals surface area contributed by atoms with Gasteiger partial charge < -0.3 is 4.57 Å². The molecule has 0 amide bonds. The Bertz CT molecular complexity index is 1030. The van der Waals surface area contributed by atoms with Gasteiger partial charge in [0.1, 0.15) is 12.2 Å². The molecule has 5 nitrogen and oxygen atoms in total. The monoisotopic (exact) mass is 317 g/mol. The molecule has 0 spiro atoms. The second kappa shape index (κ2) is 5.30. The molecule has 0 aliphatic carbocycles. The summed E-state index contributed by atoms with van der Waals surface area (Å²) in [7, 11) is 2.04. The first kappa shape index (κ1) is 14.6. The third-order valence-corrected chi connectivity index (χ3v) is 4.59. The Morgan fingerprint density at radius 2 is 1.62 bits per heavy atom. The molecule has 2 aromatic heterocycles. The average molecular weight is 317 g/mol. The molecule has 0 bridgehead atoms. The molecule has 0 N–H and O–H groups in total. The molecule has 0 aliphatic rings. The van der Waals surface area contributed by atoms with Gasteiger partial charge in [-0.05, 0) is 44.0 Å². The topological polar surface area (TPSA) is 48.5 Å². The molecule has 5 heteroatoms. The van der Waals surface area contributed by atoms with E-state index in [2.05, 4.69) is 62.4 Å². The fourth-order valence-electron chi connectivity index (χ4n) is 3.33. The smallest absolute Gasteiger partial charge is 0.170 e. The van der Waals surface area contributed by atoms with Crippen molar-refractivity contribution in [2.24, 2.45) is 7.05 Å². The van der Waals surface area contributed by atoms with Gasteiger partial charge in [0.2, 0.25) is 0 Å². The minimum absolute atomic E-state index is 0.834. The zero-order valence-corrected chi connectivity index (χ0v) is 14.3. The van der Waals surface area contributed by atoms with Crippen LogP contribution in [-0.4, -0.2) is 24.3 Å². The Labute approximate surface area is 140 Å². The van der Waals surface area contributed by atoms with Crippen molar-refractivity contribution in [2.45, 2.75) is 20.8 Å². The van der Waals surface area contributed by atoms with Crippen LogP contribution >= 0.6 is 0 Å². The maximum absolute atomic E-state index is 4.63. The summed E-state index contributed by atoms with van der Waals surface area (Å²) in [5.74, 6) is 1.82. The van der Waals surface area contributed by atoms with Crippen molar-refractivity contribution in [3.63, 3.8) is 0 Å². The molecule has 120 valence electrons. The van der Waals surface area contributed by atoms with Crippen LogP contribution in [0.3, 0.4) is 0 Å². The number of hydrogen-bond acceptors (Lipinski definition) is 3. The first-order chi connectivity index (χ1) is 11.6. The zero-order chi connectivity index (χ0) is 16.8. The molecular formula is C19H19N5. The van der Waals surface area contributed by atoms with Crippen LogP contribution in [0.5, 0.6) is 0 Å². The van der Waals surface area contributed by atoms with Crippen LogP contribution in [0.25, 0.3) is 28.1 Å². The highest BCUT2D eigenvalue weighted by atomic mass is 15.3. The Balaban J connectivity index is 2.03. The molecule has 0 saturated carbocycles. The minimum atomic E-state index is 0.834. The van der Waals surface area contributed by atoms with E-state index in [1.807, 2.05) is 26.1 Å². The summed E-state index contributed by atoms with van der Waals surface area (Å²) in [6.45, 7) is 6.24. The predicted molar refractivity (Wildman–Crippen MR) is 95.3 cm³/mol. The highest BCUT2D eigenvalue weighted by Gasteiger charge is 2.17. The zero-order valence-electron chi connectivity index (χ0n) is 14.3. The molecule has 0 fully saturated rings. The van der Waals surface area contributed by atoms with E-state index in [9.17, 15) is 0 Å². The summed E-state index contributed by atoms with van der Waals surface area (Å²) in [5.41, 5.74) is 6.62. The van der Waals surface area contributed by atoms with E-state index in [1.165, 1.54) is 11.1 Å². The van der Waals surface area contributed by atoms with Gasteiger partial charge in [0.05, 0.1) is 16.7 Å². The van der Waals surface area contributed by atoms with Crippen molar-refractivity contribution in [3.8, 4) is 17.1 Å². The summed E-state index contributed by atoms with van der Waals surface area (Å²) in [5, 5.41) is 8.60. The predicted octanol–water partition coefficient (Wildman–Crippen LogP) is 3.75. The molecule has 24 heavy (non-hydrogen) atoms. The van der Waals surface area contributed by atoms with Crippen LogP contribution in [0.15, 0.2) is 42.7 Å². The van der Waals surface area contributed by atoms with E-state index in [4.69, 9.17) is 0 Å². The molecule has 0 radical (unpaired) electrons. The number of rotatable bonds is 2. The second-order valence-electron chi connectivity index (χ2n) is 6.16. The van der Waals surface area contributed by atoms with Crippen LogP contribution in [0.2, 0.25) is 0 Å². The van der Waals surface area contributed by atoms with Crippen LogP contribution in [0.1, 0.15) is 17.0 Å². The van der Waals surface area contributed by atoms with Gasteiger partial charge in [-0.2, -0.15) is 0 Å². The minimum Gasteiger partial charge on any atom is -0.331 e. The van der Waals surface area contributed by atoms with Gasteiger partial charge in [0.15, 0.2) is 5.82 Å². The average Bonchev–Trinajstić information content (AvgIpc) is 3.13. The molecule has 0 atom stereocenters. The van der Waals surface area contributed by atoms with Crippen LogP contribution < -0.4 is 0 Å². The van der Waals surface area contributed by atoms with E-state index in [0.717, 1.165) is 33.9 Å². The van der Waals surface area contributed by atoms with Crippen molar-refractivity contribution >= 4 is 11.0 Å². The van der Waals surface area contributed by atoms with Crippen molar-refractivity contribution in [1.82, 2.24) is 24.3 Å². The maximum Gasteiger partial charge on any atom is 0.170 e. The highest BCUT2D eigenvalue weighted by Crippen LogP contribution is 2.30. The lowest BCUT2D eigenvalue weighted by Gasteiger charge is -2.13. The molecule has 2 heterocycles. The third kappa shape index (κ3) is 2.05. The van der Waals surface area contributed by atoms with E-state index < -0.39 is 0 Å². The first-order valence-corrected chi connectivity index (χ1v) is 7.97. The molecule has 0 unspecified atom stereocenters. The lowest BCUT2D eigenvalue weighted by molar-refractivity contribution is 0.885. The van der Waals surface area contributed by atoms with E-state index in [0.29, 0.717) is 0 Å². The fourth-order valence-corrected chi connectivity index (χ4v) is 3.33. The van der Waals surface area contributed by atoms with Crippen LogP contribution in [-0.2, 0) is 7.05 Å². The SMILES string of the molecule is Cc1cccc(C)c1-n1cnnc1-c1cccc2nc(C)n(C)c12. The summed E-state index contributed by atoms with van der Waals surface area (Å²) < 4.78 is 4.18. The number of hydrogen-bond donors (Lipinski definition) is 0. The van der Waals surface area contributed by atoms with E-state index in [1.54, 1.807) is 6.33 Å². The number of imidazole rings is 1. The largest absolute Gasteiger partial charge is 0.331 e. The fraction of sp³-hybridized carbons (Fsp3) is 0.211. The lowest BCUT2D eigenvalue weighted by Crippen LogP contribution is -2.02. The van der Waals surface area contributed by atoms with Gasteiger partial charge >= 0.3 is 0 Å². The van der Waals surface area contributed by atoms with Gasteiger partial charge in [0, 0.05) is 12.6 Å². The standard InChI is InChI=1S/C19H19N5/c1-12-7-5-8-13(2)17(12)24-11-20-22-19(24)15-9-6-10-16-18(15)23(4)14(3)21-16/h5-11H,1-4H3. The van der Waals surface area contributed by atoms with E-state index >= 15 is 0 Å². The molecule has 4 aromatic rings. The van der Waals surface area contributed by atoms with Crippen molar-refractivity contribution in [2.75, 3.05) is 0 Å². The Kier molecular flexibility index (Phi) is 3.23. The summed E-state index contributed by atoms with van der Waals surface area (Å²) >= 11 is 0. The highest BCUT2D eigenvalue weighted by molar-refractivity contribution is 5.91. The number of aromatic nitrogens is 5. The van der Waals surface area contributed by atoms with Gasteiger partial charge in [-0.25, -0.2) is 4.98 Å². The normalized spacial score (nSPS) is 11.3.